The summed E-state index contributed by atoms with van der Waals surface area (Å²) >= 11 is 0. The van der Waals surface area contributed by atoms with Crippen LogP contribution in [0.25, 0.3) is 6.08 Å². The lowest BCUT2D eigenvalue weighted by atomic mass is 9.77. The molecule has 2 fully saturated rings. The van der Waals surface area contributed by atoms with Crippen LogP contribution in [-0.4, -0.2) is 66.9 Å². The van der Waals surface area contributed by atoms with Crippen molar-refractivity contribution in [3.05, 3.63) is 69.3 Å². The molecule has 0 unspecified atom stereocenters. The van der Waals surface area contributed by atoms with Crippen molar-refractivity contribution in [1.29, 1.82) is 0 Å². The fourth-order valence-corrected chi connectivity index (χ4v) is 5.30. The van der Waals surface area contributed by atoms with E-state index in [4.69, 9.17) is 9.47 Å². The third-order valence-corrected chi connectivity index (χ3v) is 7.55. The second kappa shape index (κ2) is 11.0. The first-order valence-corrected chi connectivity index (χ1v) is 12.5. The predicted octanol–water partition coefficient (Wildman–Crippen LogP) is 4.56. The SMILES string of the molecule is CCC(=Cc1cccc([N+](=O)[O-])c1)C(=O)N1CCC2(CCN(C(=O)c3cc(OC)ccc3OC)CC2)C1. The maximum Gasteiger partial charge on any atom is 0.270 e. The lowest BCUT2D eigenvalue weighted by molar-refractivity contribution is -0.384. The number of hydrogen-bond donors (Lipinski definition) is 0. The van der Waals surface area contributed by atoms with Crippen molar-refractivity contribution < 1.29 is 24.0 Å². The Morgan fingerprint density at radius 3 is 2.35 bits per heavy atom. The van der Waals surface area contributed by atoms with Gasteiger partial charge in [-0.2, -0.15) is 0 Å². The molecule has 2 amide bonds. The predicted molar refractivity (Wildman–Crippen MR) is 140 cm³/mol. The molecule has 2 heterocycles. The summed E-state index contributed by atoms with van der Waals surface area (Å²) in [5, 5.41) is 11.1. The van der Waals surface area contributed by atoms with E-state index < -0.39 is 4.92 Å². The molecule has 0 saturated carbocycles. The van der Waals surface area contributed by atoms with Crippen LogP contribution in [0.3, 0.4) is 0 Å². The van der Waals surface area contributed by atoms with Crippen molar-refractivity contribution in [2.24, 2.45) is 5.41 Å². The van der Waals surface area contributed by atoms with Crippen LogP contribution >= 0.6 is 0 Å². The molecule has 9 nitrogen and oxygen atoms in total. The Morgan fingerprint density at radius 1 is 1.03 bits per heavy atom. The van der Waals surface area contributed by atoms with Gasteiger partial charge in [-0.3, -0.25) is 19.7 Å². The van der Waals surface area contributed by atoms with E-state index in [0.717, 1.165) is 19.3 Å². The van der Waals surface area contributed by atoms with Gasteiger partial charge in [0.15, 0.2) is 0 Å². The van der Waals surface area contributed by atoms with Gasteiger partial charge in [0.25, 0.3) is 11.6 Å². The van der Waals surface area contributed by atoms with E-state index >= 15 is 0 Å². The van der Waals surface area contributed by atoms with Crippen LogP contribution in [0, 0.1) is 15.5 Å². The molecule has 196 valence electrons. The number of methoxy groups -OCH3 is 2. The minimum atomic E-state index is -0.434. The summed E-state index contributed by atoms with van der Waals surface area (Å²) < 4.78 is 10.7. The number of nitro benzene ring substituents is 1. The number of ether oxygens (including phenoxy) is 2. The van der Waals surface area contributed by atoms with E-state index in [-0.39, 0.29) is 22.9 Å². The highest BCUT2D eigenvalue weighted by Crippen LogP contribution is 2.41. The second-order valence-electron chi connectivity index (χ2n) is 9.71. The molecule has 0 atom stereocenters. The van der Waals surface area contributed by atoms with Gasteiger partial charge in [0, 0.05) is 43.9 Å². The molecule has 0 aromatic heterocycles. The summed E-state index contributed by atoms with van der Waals surface area (Å²) in [6.07, 6.45) is 4.84. The normalized spacial score (nSPS) is 17.1. The molecule has 0 bridgehead atoms. The van der Waals surface area contributed by atoms with E-state index in [9.17, 15) is 19.7 Å². The molecule has 2 aliphatic heterocycles. The van der Waals surface area contributed by atoms with Crippen molar-refractivity contribution in [1.82, 2.24) is 9.80 Å². The standard InChI is InChI=1S/C28H33N3O6/c1-4-21(16-20-6-5-7-22(17-20)31(34)35)26(32)30-15-12-28(19-30)10-13-29(14-11-28)27(33)24-18-23(36-2)8-9-25(24)37-3/h5-9,16-18H,4,10-15,19H2,1-3H3. The molecule has 1 spiro atoms. The van der Waals surface area contributed by atoms with E-state index in [2.05, 4.69) is 0 Å². The highest BCUT2D eigenvalue weighted by atomic mass is 16.6. The lowest BCUT2D eigenvalue weighted by Crippen LogP contribution is -2.44. The van der Waals surface area contributed by atoms with Gasteiger partial charge < -0.3 is 19.3 Å². The third kappa shape index (κ3) is 5.60. The zero-order valence-corrected chi connectivity index (χ0v) is 21.6. The molecular formula is C28H33N3O6. The number of rotatable bonds is 7. The molecule has 0 radical (unpaired) electrons. The van der Waals surface area contributed by atoms with Crippen molar-refractivity contribution in [3.63, 3.8) is 0 Å². The number of carbonyl (C=O) groups excluding carboxylic acids is 2. The van der Waals surface area contributed by atoms with Crippen LogP contribution in [0.2, 0.25) is 0 Å². The Bertz CT molecular complexity index is 1220. The Morgan fingerprint density at radius 2 is 1.73 bits per heavy atom. The van der Waals surface area contributed by atoms with Gasteiger partial charge in [0.1, 0.15) is 11.5 Å². The second-order valence-corrected chi connectivity index (χ2v) is 9.71. The Hall–Kier alpha value is -3.88. The quantitative estimate of drug-likeness (QED) is 0.309. The molecule has 37 heavy (non-hydrogen) atoms. The van der Waals surface area contributed by atoms with Crippen molar-refractivity contribution in [2.45, 2.75) is 32.6 Å². The van der Waals surface area contributed by atoms with Crippen LogP contribution in [0.15, 0.2) is 48.0 Å². The fourth-order valence-electron chi connectivity index (χ4n) is 5.30. The topological polar surface area (TPSA) is 102 Å². The monoisotopic (exact) mass is 507 g/mol. The third-order valence-electron chi connectivity index (χ3n) is 7.55. The average molecular weight is 508 g/mol. The minimum absolute atomic E-state index is 0.00431. The number of hydrogen-bond acceptors (Lipinski definition) is 6. The van der Waals surface area contributed by atoms with Crippen molar-refractivity contribution in [2.75, 3.05) is 40.4 Å². The number of carbonyl (C=O) groups is 2. The number of piperidine rings is 1. The first kappa shape index (κ1) is 26.2. The molecule has 2 aromatic carbocycles. The molecule has 9 heteroatoms. The lowest BCUT2D eigenvalue weighted by Gasteiger charge is -2.39. The van der Waals surface area contributed by atoms with Gasteiger partial charge >= 0.3 is 0 Å². The zero-order valence-electron chi connectivity index (χ0n) is 21.6. The summed E-state index contributed by atoms with van der Waals surface area (Å²) in [5.74, 6) is 1.02. The Balaban J connectivity index is 1.41. The summed E-state index contributed by atoms with van der Waals surface area (Å²) in [6, 6.07) is 11.5. The smallest absolute Gasteiger partial charge is 0.270 e. The fraction of sp³-hybridized carbons (Fsp3) is 0.429. The van der Waals surface area contributed by atoms with E-state index in [0.29, 0.717) is 60.8 Å². The van der Waals surface area contributed by atoms with Crippen LogP contribution in [0.5, 0.6) is 11.5 Å². The zero-order chi connectivity index (χ0) is 26.6. The highest BCUT2D eigenvalue weighted by Gasteiger charge is 2.43. The number of nitrogens with zero attached hydrogens (tertiary/aromatic N) is 3. The first-order chi connectivity index (χ1) is 17.8. The molecule has 0 N–H and O–H groups in total. The number of nitro groups is 1. The van der Waals surface area contributed by atoms with Crippen LogP contribution in [0.1, 0.15) is 48.5 Å². The van der Waals surface area contributed by atoms with Gasteiger partial charge in [-0.05, 0) is 60.9 Å². The minimum Gasteiger partial charge on any atom is -0.497 e. The maximum atomic E-state index is 13.3. The molecule has 0 aliphatic carbocycles. The number of benzene rings is 2. The van der Waals surface area contributed by atoms with Gasteiger partial charge in [-0.1, -0.05) is 19.1 Å². The number of amides is 2. The largest absolute Gasteiger partial charge is 0.497 e. The highest BCUT2D eigenvalue weighted by molar-refractivity contribution is 5.98. The number of non-ortho nitro benzene ring substituents is 1. The first-order valence-electron chi connectivity index (χ1n) is 12.5. The molecule has 2 aromatic rings. The van der Waals surface area contributed by atoms with Crippen LogP contribution in [0.4, 0.5) is 5.69 Å². The van der Waals surface area contributed by atoms with Crippen molar-refractivity contribution >= 4 is 23.6 Å². The summed E-state index contributed by atoms with van der Waals surface area (Å²) in [4.78, 5) is 41.0. The van der Waals surface area contributed by atoms with Gasteiger partial charge in [-0.25, -0.2) is 0 Å². The van der Waals surface area contributed by atoms with Gasteiger partial charge in [0.05, 0.1) is 24.7 Å². The Kier molecular flexibility index (Phi) is 7.80. The molecule has 4 rings (SSSR count). The molecule has 2 aliphatic rings. The number of likely N-dealkylation sites (tertiary alicyclic amines) is 2. The average Bonchev–Trinajstić information content (AvgIpc) is 3.34. The van der Waals surface area contributed by atoms with Gasteiger partial charge in [0.2, 0.25) is 5.91 Å². The Labute approximate surface area is 216 Å². The van der Waals surface area contributed by atoms with Crippen LogP contribution in [-0.2, 0) is 4.79 Å². The summed E-state index contributed by atoms with van der Waals surface area (Å²) in [7, 11) is 3.11. The molecular weight excluding hydrogens is 474 g/mol. The van der Waals surface area contributed by atoms with E-state index in [1.54, 1.807) is 50.6 Å². The van der Waals surface area contributed by atoms with Crippen LogP contribution < -0.4 is 9.47 Å². The summed E-state index contributed by atoms with van der Waals surface area (Å²) in [5.41, 5.74) is 1.77. The maximum absolute atomic E-state index is 13.3. The van der Waals surface area contributed by atoms with E-state index in [1.165, 1.54) is 12.1 Å². The van der Waals surface area contributed by atoms with E-state index in [1.807, 2.05) is 16.7 Å². The van der Waals surface area contributed by atoms with Crippen molar-refractivity contribution in [3.8, 4) is 11.5 Å². The molecule has 2 saturated heterocycles. The van der Waals surface area contributed by atoms with Gasteiger partial charge in [-0.15, -0.1) is 0 Å². The summed E-state index contributed by atoms with van der Waals surface area (Å²) in [6.45, 7) is 4.48.